The van der Waals surface area contributed by atoms with Gasteiger partial charge in [0.1, 0.15) is 0 Å². The summed E-state index contributed by atoms with van der Waals surface area (Å²) in [6, 6.07) is 12.2. The van der Waals surface area contributed by atoms with Gasteiger partial charge >= 0.3 is 0 Å². The van der Waals surface area contributed by atoms with Gasteiger partial charge in [-0.3, -0.25) is 0 Å². The fourth-order valence-electron chi connectivity index (χ4n) is 2.25. The average molecular weight is 339 g/mol. The van der Waals surface area contributed by atoms with E-state index >= 15 is 0 Å². The third kappa shape index (κ3) is 3.38. The summed E-state index contributed by atoms with van der Waals surface area (Å²) in [5.74, 6) is 0. The Morgan fingerprint density at radius 2 is 1.79 bits per heavy atom. The van der Waals surface area contributed by atoms with Crippen molar-refractivity contribution in [1.29, 1.82) is 0 Å². The molecule has 2 rings (SSSR count). The van der Waals surface area contributed by atoms with Gasteiger partial charge in [-0.05, 0) is 70.6 Å². The van der Waals surface area contributed by atoms with E-state index in [-0.39, 0.29) is 6.04 Å². The molecule has 1 atom stereocenters. The fraction of sp³-hybridized carbons (Fsp3) is 0.250. The van der Waals surface area contributed by atoms with E-state index in [0.29, 0.717) is 5.02 Å². The summed E-state index contributed by atoms with van der Waals surface area (Å²) < 4.78 is 0.892. The number of halogens is 2. The molecule has 0 bridgehead atoms. The predicted molar refractivity (Wildman–Crippen MR) is 85.7 cm³/mol. The van der Waals surface area contributed by atoms with Crippen LogP contribution >= 0.6 is 27.5 Å². The van der Waals surface area contributed by atoms with Crippen LogP contribution in [0.3, 0.4) is 0 Å². The lowest BCUT2D eigenvalue weighted by molar-refractivity contribution is 0.715. The van der Waals surface area contributed by atoms with Crippen LogP contribution in [0.4, 0.5) is 0 Å². The third-order valence-corrected chi connectivity index (χ3v) is 4.65. The first-order chi connectivity index (χ1) is 8.99. The van der Waals surface area contributed by atoms with E-state index in [0.717, 1.165) is 16.5 Å². The van der Waals surface area contributed by atoms with Crippen LogP contribution in [0.5, 0.6) is 0 Å². The zero-order chi connectivity index (χ0) is 14.0. The molecule has 2 aromatic rings. The minimum absolute atomic E-state index is 0.0200. The van der Waals surface area contributed by atoms with Crippen molar-refractivity contribution in [3.05, 3.63) is 68.1 Å². The molecule has 2 aromatic carbocycles. The van der Waals surface area contributed by atoms with Crippen LogP contribution in [-0.2, 0) is 6.42 Å². The molecular formula is C16H17BrClN. The number of nitrogens with two attached hydrogens (primary N) is 1. The smallest absolute Gasteiger partial charge is 0.0548 e. The van der Waals surface area contributed by atoms with E-state index < -0.39 is 0 Å². The van der Waals surface area contributed by atoms with Crippen molar-refractivity contribution in [2.75, 3.05) is 0 Å². The molecule has 0 fully saturated rings. The first-order valence-electron chi connectivity index (χ1n) is 6.24. The Morgan fingerprint density at radius 3 is 2.37 bits per heavy atom. The second-order valence-corrected chi connectivity index (χ2v) is 6.12. The first kappa shape index (κ1) is 14.6. The topological polar surface area (TPSA) is 26.0 Å². The molecule has 19 heavy (non-hydrogen) atoms. The number of hydrogen-bond acceptors (Lipinski definition) is 1. The van der Waals surface area contributed by atoms with Crippen molar-refractivity contribution in [3.63, 3.8) is 0 Å². The Kier molecular flexibility index (Phi) is 4.67. The molecule has 0 spiro atoms. The van der Waals surface area contributed by atoms with E-state index in [9.17, 15) is 0 Å². The Bertz CT molecular complexity index is 575. The van der Waals surface area contributed by atoms with Crippen molar-refractivity contribution in [3.8, 4) is 0 Å². The quantitative estimate of drug-likeness (QED) is 0.841. The first-order valence-corrected chi connectivity index (χ1v) is 7.41. The molecule has 100 valence electrons. The number of rotatable bonds is 3. The fourth-order valence-corrected chi connectivity index (χ4v) is 2.77. The second kappa shape index (κ2) is 6.08. The van der Waals surface area contributed by atoms with Crippen molar-refractivity contribution in [1.82, 2.24) is 0 Å². The highest BCUT2D eigenvalue weighted by atomic mass is 79.9. The van der Waals surface area contributed by atoms with Gasteiger partial charge in [0.05, 0.1) is 5.02 Å². The van der Waals surface area contributed by atoms with Crippen LogP contribution < -0.4 is 5.73 Å². The van der Waals surface area contributed by atoms with Gasteiger partial charge in [-0.1, -0.05) is 35.9 Å². The lowest BCUT2D eigenvalue weighted by Crippen LogP contribution is -2.14. The van der Waals surface area contributed by atoms with Crippen molar-refractivity contribution in [2.45, 2.75) is 26.3 Å². The van der Waals surface area contributed by atoms with E-state index in [2.05, 4.69) is 48.0 Å². The average Bonchev–Trinajstić information content (AvgIpc) is 2.37. The van der Waals surface area contributed by atoms with Gasteiger partial charge in [0, 0.05) is 10.5 Å². The third-order valence-electron chi connectivity index (χ3n) is 3.44. The lowest BCUT2D eigenvalue weighted by atomic mass is 9.93. The molecule has 0 radical (unpaired) electrons. The summed E-state index contributed by atoms with van der Waals surface area (Å²) in [7, 11) is 0. The van der Waals surface area contributed by atoms with Crippen LogP contribution in [0, 0.1) is 13.8 Å². The predicted octanol–water partition coefficient (Wildman–Crippen LogP) is 4.96. The lowest BCUT2D eigenvalue weighted by Gasteiger charge is -2.16. The van der Waals surface area contributed by atoms with Gasteiger partial charge < -0.3 is 5.73 Å². The summed E-state index contributed by atoms with van der Waals surface area (Å²) in [6.07, 6.45) is 0.840. The largest absolute Gasteiger partial charge is 0.324 e. The van der Waals surface area contributed by atoms with E-state index in [1.54, 1.807) is 0 Å². The molecular weight excluding hydrogens is 322 g/mol. The molecule has 0 heterocycles. The zero-order valence-electron chi connectivity index (χ0n) is 11.1. The molecule has 3 heteroatoms. The molecule has 0 aliphatic heterocycles. The van der Waals surface area contributed by atoms with Crippen LogP contribution in [0.1, 0.15) is 28.3 Å². The Hall–Kier alpha value is -0.830. The number of hydrogen-bond donors (Lipinski definition) is 1. The van der Waals surface area contributed by atoms with Crippen molar-refractivity contribution < 1.29 is 0 Å². The number of aryl methyl sites for hydroxylation is 2. The van der Waals surface area contributed by atoms with E-state index in [1.807, 2.05) is 18.2 Å². The molecule has 0 saturated carbocycles. The number of benzene rings is 2. The monoisotopic (exact) mass is 337 g/mol. The van der Waals surface area contributed by atoms with Gasteiger partial charge in [0.2, 0.25) is 0 Å². The van der Waals surface area contributed by atoms with Crippen molar-refractivity contribution >= 4 is 27.5 Å². The van der Waals surface area contributed by atoms with Crippen molar-refractivity contribution in [2.24, 2.45) is 5.73 Å². The summed E-state index contributed by atoms with van der Waals surface area (Å²) in [5, 5.41) is 0.711. The van der Waals surface area contributed by atoms with Gasteiger partial charge in [0.15, 0.2) is 0 Å². The maximum Gasteiger partial charge on any atom is 0.0548 e. The minimum Gasteiger partial charge on any atom is -0.324 e. The van der Waals surface area contributed by atoms with Gasteiger partial charge in [0.25, 0.3) is 0 Å². The minimum atomic E-state index is -0.0200. The normalized spacial score (nSPS) is 12.5. The molecule has 0 aromatic heterocycles. The molecule has 0 amide bonds. The summed E-state index contributed by atoms with van der Waals surface area (Å²) in [4.78, 5) is 0. The van der Waals surface area contributed by atoms with Crippen LogP contribution in [0.25, 0.3) is 0 Å². The molecule has 0 aliphatic rings. The summed E-state index contributed by atoms with van der Waals surface area (Å²) in [6.45, 7) is 4.26. The zero-order valence-corrected chi connectivity index (χ0v) is 13.4. The van der Waals surface area contributed by atoms with Crippen LogP contribution in [-0.4, -0.2) is 0 Å². The highest BCUT2D eigenvalue weighted by Crippen LogP contribution is 2.27. The van der Waals surface area contributed by atoms with E-state index in [1.165, 1.54) is 16.7 Å². The molecule has 1 unspecified atom stereocenters. The van der Waals surface area contributed by atoms with Gasteiger partial charge in [-0.15, -0.1) is 0 Å². The highest BCUT2D eigenvalue weighted by Gasteiger charge is 2.11. The second-order valence-electron chi connectivity index (χ2n) is 4.85. The highest BCUT2D eigenvalue weighted by molar-refractivity contribution is 9.10. The SMILES string of the molecule is Cc1cccc(C)c1CC(N)c1ccc(Cl)c(Br)c1. The standard InChI is InChI=1S/C16H17BrClN/c1-10-4-3-5-11(2)13(10)9-16(19)12-6-7-15(18)14(17)8-12/h3-8,16H,9,19H2,1-2H3. The van der Waals surface area contributed by atoms with E-state index in [4.69, 9.17) is 17.3 Å². The Morgan fingerprint density at radius 1 is 1.16 bits per heavy atom. The Balaban J connectivity index is 2.25. The van der Waals surface area contributed by atoms with Gasteiger partial charge in [-0.2, -0.15) is 0 Å². The maximum absolute atomic E-state index is 6.32. The molecule has 1 nitrogen and oxygen atoms in total. The van der Waals surface area contributed by atoms with Crippen LogP contribution in [0.2, 0.25) is 5.02 Å². The molecule has 2 N–H and O–H groups in total. The molecule has 0 aliphatic carbocycles. The van der Waals surface area contributed by atoms with Gasteiger partial charge in [-0.25, -0.2) is 0 Å². The maximum atomic E-state index is 6.32. The Labute approximate surface area is 127 Å². The summed E-state index contributed by atoms with van der Waals surface area (Å²) >= 11 is 9.45. The van der Waals surface area contributed by atoms with Crippen LogP contribution in [0.15, 0.2) is 40.9 Å². The molecule has 0 saturated heterocycles. The summed E-state index contributed by atoms with van der Waals surface area (Å²) in [5.41, 5.74) is 11.3.